The highest BCUT2D eigenvalue weighted by molar-refractivity contribution is 7.90. The number of hydrogen-bond donors (Lipinski definition) is 0. The maximum atomic E-state index is 13.0. The summed E-state index contributed by atoms with van der Waals surface area (Å²) in [6.45, 7) is 3.22. The van der Waals surface area contributed by atoms with Gasteiger partial charge in [-0.1, -0.05) is 37.3 Å². The van der Waals surface area contributed by atoms with Gasteiger partial charge in [-0.05, 0) is 43.0 Å². The van der Waals surface area contributed by atoms with Gasteiger partial charge in [-0.2, -0.15) is 12.7 Å². The van der Waals surface area contributed by atoms with Crippen LogP contribution in [-0.4, -0.2) is 32.9 Å². The number of rotatable bonds is 5. The van der Waals surface area contributed by atoms with E-state index in [9.17, 15) is 8.42 Å². The van der Waals surface area contributed by atoms with E-state index >= 15 is 0 Å². The van der Waals surface area contributed by atoms with Crippen LogP contribution in [0.2, 0.25) is 0 Å². The van der Waals surface area contributed by atoms with E-state index in [0.29, 0.717) is 36.2 Å². The van der Waals surface area contributed by atoms with Gasteiger partial charge in [-0.3, -0.25) is 4.31 Å². The minimum absolute atomic E-state index is 0.382. The van der Waals surface area contributed by atoms with Crippen LogP contribution in [0.1, 0.15) is 19.8 Å². The molecule has 3 rings (SSSR count). The molecule has 25 heavy (non-hydrogen) atoms. The van der Waals surface area contributed by atoms with E-state index in [1.54, 1.807) is 23.5 Å². The number of hydrogen-bond acceptors (Lipinski definition) is 3. The van der Waals surface area contributed by atoms with Crippen LogP contribution in [0, 0.1) is 5.92 Å². The molecule has 1 fully saturated rings. The van der Waals surface area contributed by atoms with E-state index in [1.807, 2.05) is 42.5 Å². The Balaban J connectivity index is 1.88. The average Bonchev–Trinajstić information content (AvgIpc) is 2.62. The van der Waals surface area contributed by atoms with Crippen molar-refractivity contribution in [1.29, 1.82) is 0 Å². The number of benzene rings is 2. The van der Waals surface area contributed by atoms with E-state index in [0.717, 1.165) is 12.8 Å². The second kappa shape index (κ2) is 7.45. The van der Waals surface area contributed by atoms with Crippen LogP contribution in [0.15, 0.2) is 54.6 Å². The maximum absolute atomic E-state index is 13.0. The molecule has 0 amide bonds. The molecule has 0 bridgehead atoms. The first kappa shape index (κ1) is 17.8. The lowest BCUT2D eigenvalue weighted by Crippen LogP contribution is -2.46. The lowest BCUT2D eigenvalue weighted by Gasteiger charge is -2.34. The van der Waals surface area contributed by atoms with Crippen molar-refractivity contribution in [3.05, 3.63) is 54.6 Å². The van der Waals surface area contributed by atoms with Gasteiger partial charge in [0, 0.05) is 20.1 Å². The molecule has 0 aliphatic carbocycles. The molecule has 0 aromatic heterocycles. The predicted molar refractivity (Wildman–Crippen MR) is 100 cm³/mol. The van der Waals surface area contributed by atoms with E-state index < -0.39 is 10.2 Å². The van der Waals surface area contributed by atoms with Crippen molar-refractivity contribution < 1.29 is 13.2 Å². The van der Waals surface area contributed by atoms with Crippen LogP contribution in [0.4, 0.5) is 5.69 Å². The molecule has 0 spiro atoms. The van der Waals surface area contributed by atoms with E-state index in [-0.39, 0.29) is 0 Å². The zero-order valence-electron chi connectivity index (χ0n) is 14.6. The maximum Gasteiger partial charge on any atom is 0.303 e. The van der Waals surface area contributed by atoms with Crippen molar-refractivity contribution in [2.24, 2.45) is 5.92 Å². The Morgan fingerprint density at radius 3 is 2.48 bits per heavy atom. The largest absolute Gasteiger partial charge is 0.455 e. The second-order valence-electron chi connectivity index (χ2n) is 6.46. The van der Waals surface area contributed by atoms with Crippen molar-refractivity contribution >= 4 is 15.9 Å². The molecular formula is C19H24N2O3S. The molecule has 2 aromatic carbocycles. The number of nitrogens with zero attached hydrogens (tertiary/aromatic N) is 2. The summed E-state index contributed by atoms with van der Waals surface area (Å²) in [6, 6.07) is 16.6. The molecule has 2 aromatic rings. The van der Waals surface area contributed by atoms with Crippen molar-refractivity contribution in [2.45, 2.75) is 19.8 Å². The molecule has 1 aliphatic heterocycles. The van der Waals surface area contributed by atoms with Crippen LogP contribution in [0.25, 0.3) is 0 Å². The van der Waals surface area contributed by atoms with Crippen LogP contribution in [-0.2, 0) is 10.2 Å². The molecular weight excluding hydrogens is 336 g/mol. The summed E-state index contributed by atoms with van der Waals surface area (Å²) in [4.78, 5) is 0. The third-order valence-electron chi connectivity index (χ3n) is 4.47. The van der Waals surface area contributed by atoms with Crippen LogP contribution >= 0.6 is 0 Å². The van der Waals surface area contributed by atoms with Gasteiger partial charge in [0.2, 0.25) is 0 Å². The summed E-state index contributed by atoms with van der Waals surface area (Å²) in [5.41, 5.74) is 0.532. The second-order valence-corrected chi connectivity index (χ2v) is 8.42. The third-order valence-corrected chi connectivity index (χ3v) is 6.34. The van der Waals surface area contributed by atoms with Gasteiger partial charge in [0.15, 0.2) is 5.75 Å². The Labute approximate surface area is 150 Å². The van der Waals surface area contributed by atoms with E-state index in [1.165, 1.54) is 4.31 Å². The summed E-state index contributed by atoms with van der Waals surface area (Å²) < 4.78 is 34.9. The third kappa shape index (κ3) is 3.96. The van der Waals surface area contributed by atoms with Gasteiger partial charge in [-0.15, -0.1) is 0 Å². The highest BCUT2D eigenvalue weighted by Gasteiger charge is 2.31. The molecule has 0 radical (unpaired) electrons. The van der Waals surface area contributed by atoms with E-state index in [2.05, 4.69) is 6.92 Å². The van der Waals surface area contributed by atoms with Gasteiger partial charge in [0.05, 0.1) is 5.69 Å². The lowest BCUT2D eigenvalue weighted by atomic mass is 10.0. The Bertz CT molecular complexity index is 808. The molecule has 5 nitrogen and oxygen atoms in total. The minimum Gasteiger partial charge on any atom is -0.455 e. The smallest absolute Gasteiger partial charge is 0.303 e. The van der Waals surface area contributed by atoms with E-state index in [4.69, 9.17) is 4.74 Å². The number of para-hydroxylation sites is 3. The SMILES string of the molecule is CC1CCCN(S(=O)(=O)N(C)c2ccccc2Oc2ccccc2)C1. The highest BCUT2D eigenvalue weighted by Crippen LogP contribution is 2.34. The zero-order chi connectivity index (χ0) is 17.9. The van der Waals surface area contributed by atoms with Gasteiger partial charge in [-0.25, -0.2) is 0 Å². The summed E-state index contributed by atoms with van der Waals surface area (Å²) in [7, 11) is -1.99. The highest BCUT2D eigenvalue weighted by atomic mass is 32.2. The number of anilines is 1. The van der Waals surface area contributed by atoms with Crippen LogP contribution < -0.4 is 9.04 Å². The standard InChI is InChI=1S/C19H24N2O3S/c1-16-9-8-14-21(15-16)25(22,23)20(2)18-12-6-7-13-19(18)24-17-10-4-3-5-11-17/h3-7,10-13,16H,8-9,14-15H2,1-2H3. The predicted octanol–water partition coefficient (Wildman–Crippen LogP) is 3.89. The zero-order valence-corrected chi connectivity index (χ0v) is 15.4. The fourth-order valence-corrected chi connectivity index (χ4v) is 4.62. The molecule has 1 heterocycles. The monoisotopic (exact) mass is 360 g/mol. The molecule has 0 N–H and O–H groups in total. The molecule has 0 saturated carbocycles. The Morgan fingerprint density at radius 2 is 1.76 bits per heavy atom. The summed E-state index contributed by atoms with van der Waals surface area (Å²) in [6.07, 6.45) is 1.97. The fourth-order valence-electron chi connectivity index (χ4n) is 3.07. The Kier molecular flexibility index (Phi) is 5.30. The quantitative estimate of drug-likeness (QED) is 0.813. The van der Waals surface area contributed by atoms with Crippen molar-refractivity contribution in [1.82, 2.24) is 4.31 Å². The summed E-state index contributed by atoms with van der Waals surface area (Å²) >= 11 is 0. The van der Waals surface area contributed by atoms with Gasteiger partial charge < -0.3 is 4.74 Å². The van der Waals surface area contributed by atoms with Gasteiger partial charge >= 0.3 is 10.2 Å². The Hall–Kier alpha value is -2.05. The van der Waals surface area contributed by atoms with Crippen molar-refractivity contribution in [3.8, 4) is 11.5 Å². The van der Waals surface area contributed by atoms with Crippen LogP contribution in [0.3, 0.4) is 0 Å². The number of piperidine rings is 1. The fraction of sp³-hybridized carbons (Fsp3) is 0.368. The first-order valence-corrected chi connectivity index (χ1v) is 9.94. The molecule has 1 unspecified atom stereocenters. The summed E-state index contributed by atoms with van der Waals surface area (Å²) in [5.74, 6) is 1.57. The van der Waals surface area contributed by atoms with Crippen LogP contribution in [0.5, 0.6) is 11.5 Å². The normalized spacial score (nSPS) is 18.7. The van der Waals surface area contributed by atoms with Gasteiger partial charge in [0.1, 0.15) is 5.75 Å². The molecule has 1 aliphatic rings. The first-order valence-electron chi connectivity index (χ1n) is 8.54. The molecule has 1 saturated heterocycles. The molecule has 1 atom stereocenters. The molecule has 6 heteroatoms. The van der Waals surface area contributed by atoms with Crippen molar-refractivity contribution in [3.63, 3.8) is 0 Å². The topological polar surface area (TPSA) is 49.9 Å². The lowest BCUT2D eigenvalue weighted by molar-refractivity contribution is 0.281. The first-order chi connectivity index (χ1) is 12.0. The Morgan fingerprint density at radius 1 is 1.08 bits per heavy atom. The van der Waals surface area contributed by atoms with Crippen molar-refractivity contribution in [2.75, 3.05) is 24.4 Å². The summed E-state index contributed by atoms with van der Waals surface area (Å²) in [5, 5.41) is 0. The average molecular weight is 360 g/mol. The number of ether oxygens (including phenoxy) is 1. The van der Waals surface area contributed by atoms with Gasteiger partial charge in [0.25, 0.3) is 0 Å². The minimum atomic E-state index is -3.58. The molecule has 134 valence electrons.